The van der Waals surface area contributed by atoms with Gasteiger partial charge in [0.05, 0.1) is 7.11 Å². The summed E-state index contributed by atoms with van der Waals surface area (Å²) in [6.45, 7) is 6.60. The summed E-state index contributed by atoms with van der Waals surface area (Å²) in [4.78, 5) is 8.35. The standard InChI is InChI=1S/C14H15Cl2N3O.C2H6/c1-9-7-13(19-14(18-9)20-2)17-6-5-10-3-4-11(15)8-12(10)16;1-2/h3-4,7-8H,5-6H2,1-2H3,(H,17,18,19);1-2H3. The van der Waals surface area contributed by atoms with E-state index in [1.807, 2.05) is 39.0 Å². The summed E-state index contributed by atoms with van der Waals surface area (Å²) >= 11 is 12.0. The second-order valence-corrected chi connectivity index (χ2v) is 5.14. The summed E-state index contributed by atoms with van der Waals surface area (Å²) in [5.74, 6) is 0.736. The summed E-state index contributed by atoms with van der Waals surface area (Å²) < 4.78 is 5.03. The van der Waals surface area contributed by atoms with Crippen molar-refractivity contribution >= 4 is 29.0 Å². The van der Waals surface area contributed by atoms with Crippen LogP contribution in [0.1, 0.15) is 25.1 Å². The zero-order valence-electron chi connectivity index (χ0n) is 13.3. The zero-order chi connectivity index (χ0) is 16.5. The van der Waals surface area contributed by atoms with Gasteiger partial charge >= 0.3 is 6.01 Å². The maximum atomic E-state index is 6.13. The van der Waals surface area contributed by atoms with E-state index in [1.165, 1.54) is 0 Å². The van der Waals surface area contributed by atoms with Crippen LogP contribution in [0.4, 0.5) is 5.82 Å². The van der Waals surface area contributed by atoms with E-state index >= 15 is 0 Å². The summed E-state index contributed by atoms with van der Waals surface area (Å²) in [5.41, 5.74) is 1.89. The Balaban J connectivity index is 0.00000116. The Hall–Kier alpha value is -1.52. The largest absolute Gasteiger partial charge is 0.467 e. The molecule has 120 valence electrons. The molecule has 6 heteroatoms. The summed E-state index contributed by atoms with van der Waals surface area (Å²) in [6, 6.07) is 7.73. The number of anilines is 1. The molecule has 1 heterocycles. The normalized spacial score (nSPS) is 9.73. The predicted molar refractivity (Wildman–Crippen MR) is 93.3 cm³/mol. The third-order valence-corrected chi connectivity index (χ3v) is 3.32. The van der Waals surface area contributed by atoms with E-state index in [9.17, 15) is 0 Å². The van der Waals surface area contributed by atoms with Gasteiger partial charge in [0.25, 0.3) is 0 Å². The van der Waals surface area contributed by atoms with Crippen LogP contribution in [0.2, 0.25) is 10.0 Å². The van der Waals surface area contributed by atoms with Crippen LogP contribution in [-0.2, 0) is 6.42 Å². The van der Waals surface area contributed by atoms with Crippen molar-refractivity contribution in [1.29, 1.82) is 0 Å². The lowest BCUT2D eigenvalue weighted by Gasteiger charge is -2.09. The van der Waals surface area contributed by atoms with E-state index in [-0.39, 0.29) is 0 Å². The molecule has 0 aliphatic heterocycles. The molecule has 0 radical (unpaired) electrons. The number of benzene rings is 1. The molecule has 0 unspecified atom stereocenters. The lowest BCUT2D eigenvalue weighted by atomic mass is 10.1. The molecule has 0 spiro atoms. The lowest BCUT2D eigenvalue weighted by Crippen LogP contribution is -2.08. The van der Waals surface area contributed by atoms with Crippen LogP contribution < -0.4 is 10.1 Å². The second kappa shape index (κ2) is 9.49. The van der Waals surface area contributed by atoms with Crippen molar-refractivity contribution < 1.29 is 4.74 Å². The number of hydrogen-bond acceptors (Lipinski definition) is 4. The highest BCUT2D eigenvalue weighted by Crippen LogP contribution is 2.21. The first-order chi connectivity index (χ1) is 10.6. The van der Waals surface area contributed by atoms with Crippen molar-refractivity contribution in [2.45, 2.75) is 27.2 Å². The topological polar surface area (TPSA) is 47.0 Å². The number of aryl methyl sites for hydroxylation is 1. The summed E-state index contributed by atoms with van der Waals surface area (Å²) in [5, 5.41) is 4.55. The van der Waals surface area contributed by atoms with E-state index in [1.54, 1.807) is 13.2 Å². The minimum atomic E-state index is 0.358. The van der Waals surface area contributed by atoms with Gasteiger partial charge < -0.3 is 10.1 Å². The fourth-order valence-electron chi connectivity index (χ4n) is 1.77. The first-order valence-electron chi connectivity index (χ1n) is 7.16. The number of hydrogen-bond donors (Lipinski definition) is 1. The predicted octanol–water partition coefficient (Wildman–Crippen LogP) is 4.78. The Morgan fingerprint density at radius 1 is 1.14 bits per heavy atom. The van der Waals surface area contributed by atoms with E-state index in [0.29, 0.717) is 22.6 Å². The smallest absolute Gasteiger partial charge is 0.318 e. The SMILES string of the molecule is CC.COc1nc(C)cc(NCCc2ccc(Cl)cc2Cl)n1. The molecule has 0 aliphatic rings. The van der Waals surface area contributed by atoms with Crippen LogP contribution in [-0.4, -0.2) is 23.6 Å². The van der Waals surface area contributed by atoms with Crippen molar-refractivity contribution in [3.63, 3.8) is 0 Å². The number of methoxy groups -OCH3 is 1. The van der Waals surface area contributed by atoms with Crippen LogP contribution in [0.25, 0.3) is 0 Å². The van der Waals surface area contributed by atoms with Gasteiger partial charge in [-0.05, 0) is 31.0 Å². The highest BCUT2D eigenvalue weighted by atomic mass is 35.5. The van der Waals surface area contributed by atoms with Gasteiger partial charge in [-0.15, -0.1) is 0 Å². The van der Waals surface area contributed by atoms with Gasteiger partial charge in [0.2, 0.25) is 0 Å². The van der Waals surface area contributed by atoms with Gasteiger partial charge in [0, 0.05) is 28.4 Å². The number of halogens is 2. The number of nitrogens with zero attached hydrogens (tertiary/aromatic N) is 2. The fraction of sp³-hybridized carbons (Fsp3) is 0.375. The number of nitrogens with one attached hydrogen (secondary N) is 1. The Morgan fingerprint density at radius 2 is 1.86 bits per heavy atom. The molecule has 1 aromatic heterocycles. The van der Waals surface area contributed by atoms with Crippen LogP contribution >= 0.6 is 23.2 Å². The van der Waals surface area contributed by atoms with E-state index in [0.717, 1.165) is 23.5 Å². The molecule has 0 aliphatic carbocycles. The molecular formula is C16H21Cl2N3O. The maximum Gasteiger partial charge on any atom is 0.318 e. The molecule has 1 N–H and O–H groups in total. The van der Waals surface area contributed by atoms with Gasteiger partial charge in [-0.25, -0.2) is 4.98 Å². The molecule has 4 nitrogen and oxygen atoms in total. The van der Waals surface area contributed by atoms with Crippen LogP contribution in [0.15, 0.2) is 24.3 Å². The molecule has 22 heavy (non-hydrogen) atoms. The third-order valence-electron chi connectivity index (χ3n) is 2.73. The average Bonchev–Trinajstić information content (AvgIpc) is 2.51. The monoisotopic (exact) mass is 341 g/mol. The van der Waals surface area contributed by atoms with E-state index < -0.39 is 0 Å². The van der Waals surface area contributed by atoms with Crippen molar-refractivity contribution in [2.75, 3.05) is 19.0 Å². The van der Waals surface area contributed by atoms with E-state index in [2.05, 4.69) is 15.3 Å². The fourth-order valence-corrected chi connectivity index (χ4v) is 2.28. The molecule has 0 bridgehead atoms. The molecule has 0 fully saturated rings. The van der Waals surface area contributed by atoms with Crippen molar-refractivity contribution in [3.8, 4) is 6.01 Å². The molecule has 0 atom stereocenters. The highest BCUT2D eigenvalue weighted by molar-refractivity contribution is 6.35. The van der Waals surface area contributed by atoms with Crippen LogP contribution in [0.5, 0.6) is 6.01 Å². The lowest BCUT2D eigenvalue weighted by molar-refractivity contribution is 0.379. The van der Waals surface area contributed by atoms with Crippen molar-refractivity contribution in [1.82, 2.24) is 9.97 Å². The van der Waals surface area contributed by atoms with E-state index in [4.69, 9.17) is 27.9 Å². The summed E-state index contributed by atoms with van der Waals surface area (Å²) in [6.07, 6.45) is 0.779. The third kappa shape index (κ3) is 5.70. The minimum absolute atomic E-state index is 0.358. The minimum Gasteiger partial charge on any atom is -0.467 e. The van der Waals surface area contributed by atoms with Gasteiger partial charge in [-0.2, -0.15) is 4.98 Å². The Bertz CT molecular complexity index is 606. The highest BCUT2D eigenvalue weighted by Gasteiger charge is 2.04. The first kappa shape index (κ1) is 18.5. The van der Waals surface area contributed by atoms with Crippen LogP contribution in [0, 0.1) is 6.92 Å². The zero-order valence-corrected chi connectivity index (χ0v) is 14.8. The van der Waals surface area contributed by atoms with Crippen molar-refractivity contribution in [2.24, 2.45) is 0 Å². The molecule has 0 amide bonds. The Kier molecular flexibility index (Phi) is 7.99. The van der Waals surface area contributed by atoms with Gasteiger partial charge in [-0.1, -0.05) is 43.1 Å². The van der Waals surface area contributed by atoms with Gasteiger partial charge in [0.1, 0.15) is 5.82 Å². The second-order valence-electron chi connectivity index (χ2n) is 4.29. The molecule has 1 aromatic carbocycles. The molecule has 2 rings (SSSR count). The number of ether oxygens (including phenoxy) is 1. The van der Waals surface area contributed by atoms with Gasteiger partial charge in [0.15, 0.2) is 0 Å². The first-order valence-corrected chi connectivity index (χ1v) is 7.91. The number of rotatable bonds is 5. The Labute approximate surface area is 141 Å². The maximum absolute atomic E-state index is 6.13. The van der Waals surface area contributed by atoms with Crippen molar-refractivity contribution in [3.05, 3.63) is 45.6 Å². The molecule has 0 saturated carbocycles. The van der Waals surface area contributed by atoms with Gasteiger partial charge in [-0.3, -0.25) is 0 Å². The Morgan fingerprint density at radius 3 is 2.50 bits per heavy atom. The molecular weight excluding hydrogens is 321 g/mol. The number of aromatic nitrogens is 2. The molecule has 0 saturated heterocycles. The summed E-state index contributed by atoms with van der Waals surface area (Å²) in [7, 11) is 1.55. The quantitative estimate of drug-likeness (QED) is 0.849. The average molecular weight is 342 g/mol. The molecule has 2 aromatic rings. The van der Waals surface area contributed by atoms with Crippen LogP contribution in [0.3, 0.4) is 0 Å².